The van der Waals surface area contributed by atoms with E-state index in [0.29, 0.717) is 5.76 Å². The number of likely N-dealkylation sites (N-methyl/N-ethyl adjacent to an activating group) is 1. The fourth-order valence-electron chi connectivity index (χ4n) is 2.06. The van der Waals surface area contributed by atoms with Gasteiger partial charge in [0.25, 0.3) is 5.92 Å². The van der Waals surface area contributed by atoms with Crippen LogP contribution in [0.15, 0.2) is 10.6 Å². The molecule has 21 heavy (non-hydrogen) atoms. The molecule has 1 atom stereocenters. The van der Waals surface area contributed by atoms with E-state index in [1.807, 2.05) is 0 Å². The summed E-state index contributed by atoms with van der Waals surface area (Å²) in [4.78, 5) is 24.8. The van der Waals surface area contributed by atoms with E-state index >= 15 is 0 Å². The van der Waals surface area contributed by atoms with Crippen LogP contribution in [0.25, 0.3) is 0 Å². The summed E-state index contributed by atoms with van der Waals surface area (Å²) in [7, 11) is 1.38. The summed E-state index contributed by atoms with van der Waals surface area (Å²) >= 11 is 0. The van der Waals surface area contributed by atoms with Gasteiger partial charge >= 0.3 is 0 Å². The molecule has 0 aliphatic carbocycles. The zero-order chi connectivity index (χ0) is 15.6. The van der Waals surface area contributed by atoms with Crippen molar-refractivity contribution in [2.45, 2.75) is 25.3 Å². The minimum absolute atomic E-state index is 0.240. The second kappa shape index (κ2) is 5.76. The number of carbonyl (C=O) groups excluding carboxylic acids is 2. The van der Waals surface area contributed by atoms with E-state index in [1.54, 1.807) is 6.92 Å². The number of carbonyl (C=O) groups is 2. The average molecular weight is 302 g/mol. The molecule has 0 spiro atoms. The van der Waals surface area contributed by atoms with Gasteiger partial charge in [-0.3, -0.25) is 14.9 Å². The van der Waals surface area contributed by atoms with E-state index in [9.17, 15) is 18.4 Å². The number of rotatable bonds is 4. The second-order valence-corrected chi connectivity index (χ2v) is 5.06. The van der Waals surface area contributed by atoms with Gasteiger partial charge in [0.05, 0.1) is 19.1 Å². The Morgan fingerprint density at radius 2 is 2.33 bits per heavy atom. The fourth-order valence-corrected chi connectivity index (χ4v) is 2.06. The van der Waals surface area contributed by atoms with Gasteiger partial charge in [-0.25, -0.2) is 8.78 Å². The molecular weight excluding hydrogens is 286 g/mol. The predicted octanol–water partition coefficient (Wildman–Crippen LogP) is 0.377. The molecule has 1 saturated heterocycles. The van der Waals surface area contributed by atoms with Gasteiger partial charge in [0.1, 0.15) is 5.76 Å². The van der Waals surface area contributed by atoms with Crippen molar-refractivity contribution >= 4 is 17.6 Å². The van der Waals surface area contributed by atoms with Gasteiger partial charge in [0, 0.05) is 19.5 Å². The maximum atomic E-state index is 13.0. The first-order valence-corrected chi connectivity index (χ1v) is 6.36. The molecule has 9 heteroatoms. The molecule has 1 aliphatic heterocycles. The van der Waals surface area contributed by atoms with E-state index in [-0.39, 0.29) is 12.4 Å². The number of hydrogen-bond donors (Lipinski definition) is 2. The molecule has 2 N–H and O–H groups in total. The van der Waals surface area contributed by atoms with Gasteiger partial charge in [-0.1, -0.05) is 5.16 Å². The largest absolute Gasteiger partial charge is 0.360 e. The summed E-state index contributed by atoms with van der Waals surface area (Å²) in [5.41, 5.74) is 0. The van der Waals surface area contributed by atoms with Crippen LogP contribution in [0.3, 0.4) is 0 Å². The molecule has 0 bridgehead atoms. The van der Waals surface area contributed by atoms with E-state index in [2.05, 4.69) is 15.8 Å². The predicted molar refractivity (Wildman–Crippen MR) is 68.9 cm³/mol. The number of alkyl halides is 2. The number of hydrogen-bond acceptors (Lipinski definition) is 5. The van der Waals surface area contributed by atoms with Crippen LogP contribution in [0.2, 0.25) is 0 Å². The van der Waals surface area contributed by atoms with Crippen molar-refractivity contribution in [3.63, 3.8) is 0 Å². The highest BCUT2D eigenvalue weighted by atomic mass is 19.3. The van der Waals surface area contributed by atoms with Crippen molar-refractivity contribution in [1.29, 1.82) is 0 Å². The number of amides is 2. The van der Waals surface area contributed by atoms with Gasteiger partial charge in [-0.15, -0.1) is 0 Å². The Bertz CT molecular complexity index is 546. The average Bonchev–Trinajstić information content (AvgIpc) is 2.94. The molecule has 2 rings (SSSR count). The summed E-state index contributed by atoms with van der Waals surface area (Å²) in [6.45, 7) is 0.889. The number of aromatic nitrogens is 1. The van der Waals surface area contributed by atoms with Crippen LogP contribution in [-0.2, 0) is 9.59 Å². The zero-order valence-electron chi connectivity index (χ0n) is 11.7. The molecule has 0 radical (unpaired) electrons. The molecule has 2 heterocycles. The molecule has 0 saturated carbocycles. The summed E-state index contributed by atoms with van der Waals surface area (Å²) in [6, 6.07) is 0.561. The molecule has 1 fully saturated rings. The Hall–Kier alpha value is -2.03. The molecule has 1 aliphatic rings. The van der Waals surface area contributed by atoms with Crippen LogP contribution < -0.4 is 10.6 Å². The van der Waals surface area contributed by atoms with Crippen molar-refractivity contribution in [2.75, 3.05) is 25.5 Å². The first kappa shape index (κ1) is 15.4. The third-order valence-electron chi connectivity index (χ3n) is 3.06. The van der Waals surface area contributed by atoms with Crippen molar-refractivity contribution in [3.05, 3.63) is 11.8 Å². The highest BCUT2D eigenvalue weighted by molar-refractivity contribution is 5.94. The van der Waals surface area contributed by atoms with E-state index in [4.69, 9.17) is 4.52 Å². The first-order valence-electron chi connectivity index (χ1n) is 6.36. The molecular formula is C12H16F2N4O3. The lowest BCUT2D eigenvalue weighted by Crippen LogP contribution is -2.44. The quantitative estimate of drug-likeness (QED) is 0.839. The topological polar surface area (TPSA) is 87.5 Å². The number of anilines is 1. The summed E-state index contributed by atoms with van der Waals surface area (Å²) < 4.78 is 30.9. The maximum absolute atomic E-state index is 13.0. The van der Waals surface area contributed by atoms with Gasteiger partial charge in [-0.05, 0) is 6.92 Å². The normalized spacial score (nSPS) is 20.3. The summed E-state index contributed by atoms with van der Waals surface area (Å²) in [6.07, 6.45) is -0.555. The molecule has 7 nitrogen and oxygen atoms in total. The van der Waals surface area contributed by atoms with E-state index in [1.165, 1.54) is 13.1 Å². The minimum Gasteiger partial charge on any atom is -0.360 e. The molecule has 1 unspecified atom stereocenters. The summed E-state index contributed by atoms with van der Waals surface area (Å²) in [5, 5.41) is 8.49. The van der Waals surface area contributed by atoms with Crippen LogP contribution >= 0.6 is 0 Å². The van der Waals surface area contributed by atoms with Crippen molar-refractivity contribution < 1.29 is 22.9 Å². The highest BCUT2D eigenvalue weighted by Crippen LogP contribution is 2.25. The smallest absolute Gasteiger partial charge is 0.262 e. The Kier molecular flexibility index (Phi) is 4.21. The lowest BCUT2D eigenvalue weighted by Gasteiger charge is -2.20. The Labute approximate surface area is 119 Å². The Morgan fingerprint density at radius 3 is 2.86 bits per heavy atom. The van der Waals surface area contributed by atoms with Gasteiger partial charge < -0.3 is 14.7 Å². The lowest BCUT2D eigenvalue weighted by molar-refractivity contribution is -0.135. The standard InChI is InChI=1S/C12H16F2N4O3/c1-7-3-9(17-21-7)16-10(19)5-18(2)11(20)8-4-12(13,14)6-15-8/h3,8,15H,4-6H2,1-2H3,(H,16,17,19). The Morgan fingerprint density at radius 1 is 1.62 bits per heavy atom. The number of nitrogens with one attached hydrogen (secondary N) is 2. The third kappa shape index (κ3) is 3.97. The van der Waals surface area contributed by atoms with Crippen LogP contribution in [-0.4, -0.2) is 54.0 Å². The molecule has 2 amide bonds. The van der Waals surface area contributed by atoms with E-state index in [0.717, 1.165) is 4.90 Å². The zero-order valence-corrected chi connectivity index (χ0v) is 11.7. The molecule has 1 aromatic rings. The van der Waals surface area contributed by atoms with Crippen LogP contribution in [0.4, 0.5) is 14.6 Å². The Balaban J connectivity index is 1.84. The number of nitrogens with zero attached hydrogens (tertiary/aromatic N) is 2. The van der Waals surface area contributed by atoms with Crippen LogP contribution in [0.5, 0.6) is 0 Å². The lowest BCUT2D eigenvalue weighted by atomic mass is 10.1. The SMILES string of the molecule is Cc1cc(NC(=O)CN(C)C(=O)C2CC(F)(F)CN2)no1. The van der Waals surface area contributed by atoms with Crippen molar-refractivity contribution in [3.8, 4) is 0 Å². The monoisotopic (exact) mass is 302 g/mol. The van der Waals surface area contributed by atoms with Gasteiger partial charge in [0.15, 0.2) is 5.82 Å². The second-order valence-electron chi connectivity index (χ2n) is 5.06. The van der Waals surface area contributed by atoms with Gasteiger partial charge in [-0.2, -0.15) is 0 Å². The van der Waals surface area contributed by atoms with Gasteiger partial charge in [0.2, 0.25) is 11.8 Å². The molecule has 1 aromatic heterocycles. The number of aryl methyl sites for hydroxylation is 1. The van der Waals surface area contributed by atoms with Crippen molar-refractivity contribution in [2.24, 2.45) is 0 Å². The summed E-state index contributed by atoms with van der Waals surface area (Å²) in [5.74, 6) is -3.14. The van der Waals surface area contributed by atoms with Crippen molar-refractivity contribution in [1.82, 2.24) is 15.4 Å². The molecule has 116 valence electrons. The van der Waals surface area contributed by atoms with Crippen LogP contribution in [0.1, 0.15) is 12.2 Å². The van der Waals surface area contributed by atoms with Crippen LogP contribution in [0, 0.1) is 6.92 Å². The number of halogens is 2. The highest BCUT2D eigenvalue weighted by Gasteiger charge is 2.43. The first-order chi connectivity index (χ1) is 9.77. The molecule has 0 aromatic carbocycles. The minimum atomic E-state index is -2.89. The maximum Gasteiger partial charge on any atom is 0.262 e. The van der Waals surface area contributed by atoms with E-state index < -0.39 is 36.7 Å². The fraction of sp³-hybridized carbons (Fsp3) is 0.583. The third-order valence-corrected chi connectivity index (χ3v) is 3.06.